The molecule has 0 atom stereocenters. The number of methoxy groups -OCH3 is 2. The van der Waals surface area contributed by atoms with Crippen molar-refractivity contribution >= 4 is 28.9 Å². The minimum absolute atomic E-state index is 0.0942. The maximum absolute atomic E-state index is 12.7. The molecule has 1 heterocycles. The summed E-state index contributed by atoms with van der Waals surface area (Å²) in [7, 11) is 3.09. The zero-order valence-electron chi connectivity index (χ0n) is 15.2. The van der Waals surface area contributed by atoms with Crippen molar-refractivity contribution in [3.8, 4) is 17.2 Å². The summed E-state index contributed by atoms with van der Waals surface area (Å²) in [6.07, 6.45) is 2.31. The molecule has 28 heavy (non-hydrogen) atoms. The molecular formula is C20H18ClN3O4. The molecule has 0 aliphatic carbocycles. The molecule has 0 bridgehead atoms. The van der Waals surface area contributed by atoms with Gasteiger partial charge in [-0.3, -0.25) is 4.79 Å². The quantitative estimate of drug-likeness (QED) is 0.482. The van der Waals surface area contributed by atoms with E-state index in [9.17, 15) is 9.90 Å². The van der Waals surface area contributed by atoms with E-state index in [0.29, 0.717) is 33.6 Å². The Hall–Kier alpha value is -3.45. The number of nitrogens with zero attached hydrogens (tertiary/aromatic N) is 2. The number of carbonyl (C=O) groups excluding carboxylic acids is 1. The summed E-state index contributed by atoms with van der Waals surface area (Å²) < 4.78 is 12.1. The lowest BCUT2D eigenvalue weighted by molar-refractivity contribution is -0.111. The van der Waals surface area contributed by atoms with Gasteiger partial charge in [-0.05, 0) is 29.8 Å². The van der Waals surface area contributed by atoms with Gasteiger partial charge in [-0.25, -0.2) is 4.68 Å². The number of aliphatic hydroxyl groups is 1. The van der Waals surface area contributed by atoms with Crippen LogP contribution in [0.3, 0.4) is 0 Å². The Morgan fingerprint density at radius 1 is 1.11 bits per heavy atom. The first-order valence-corrected chi connectivity index (χ1v) is 8.63. The second-order valence-corrected chi connectivity index (χ2v) is 6.11. The van der Waals surface area contributed by atoms with Gasteiger partial charge in [0.25, 0.3) is 5.91 Å². The van der Waals surface area contributed by atoms with Gasteiger partial charge in [0.2, 0.25) is 0 Å². The Kier molecular flexibility index (Phi) is 5.86. The minimum atomic E-state index is -0.493. The largest absolute Gasteiger partial charge is 0.515 e. The Morgan fingerprint density at radius 2 is 1.82 bits per heavy atom. The molecule has 1 amide bonds. The van der Waals surface area contributed by atoms with Crippen molar-refractivity contribution in [1.29, 1.82) is 0 Å². The summed E-state index contributed by atoms with van der Waals surface area (Å²) in [4.78, 5) is 12.7. The maximum Gasteiger partial charge on any atom is 0.260 e. The molecule has 2 aromatic carbocycles. The normalized spacial score (nSPS) is 11.2. The fourth-order valence-corrected chi connectivity index (χ4v) is 2.76. The summed E-state index contributed by atoms with van der Waals surface area (Å²) >= 11 is 5.88. The highest BCUT2D eigenvalue weighted by atomic mass is 35.5. The molecule has 3 aromatic rings. The third kappa shape index (κ3) is 3.94. The molecule has 144 valence electrons. The number of carbonyl (C=O) groups is 1. The van der Waals surface area contributed by atoms with Crippen LogP contribution in [0.2, 0.25) is 5.02 Å². The predicted octanol–water partition coefficient (Wildman–Crippen LogP) is 4.08. The topological polar surface area (TPSA) is 85.6 Å². The van der Waals surface area contributed by atoms with Crippen molar-refractivity contribution in [3.63, 3.8) is 0 Å². The van der Waals surface area contributed by atoms with Crippen molar-refractivity contribution in [2.24, 2.45) is 0 Å². The molecular weight excluding hydrogens is 382 g/mol. The van der Waals surface area contributed by atoms with Gasteiger partial charge in [-0.2, -0.15) is 5.10 Å². The van der Waals surface area contributed by atoms with Gasteiger partial charge < -0.3 is 19.9 Å². The lowest BCUT2D eigenvalue weighted by Crippen LogP contribution is -2.16. The molecule has 0 fully saturated rings. The molecule has 0 saturated heterocycles. The number of halogens is 1. The number of benzene rings is 2. The highest BCUT2D eigenvalue weighted by Gasteiger charge is 2.16. The number of aromatic nitrogens is 2. The monoisotopic (exact) mass is 399 g/mol. The fourth-order valence-electron chi connectivity index (χ4n) is 2.64. The standard InChI is InChI=1S/C20H18ClN3O4/c1-27-17-8-7-15(11-18(17)28-2)24-19(9-10-22-24)23-20(26)16(12-25)13-3-5-14(21)6-4-13/h3-12,25H,1-2H3,(H,23,26). The molecule has 3 rings (SSSR count). The van der Waals surface area contributed by atoms with Crippen molar-refractivity contribution in [3.05, 3.63) is 71.6 Å². The number of aliphatic hydroxyl groups excluding tert-OH is 1. The third-order valence-electron chi connectivity index (χ3n) is 4.02. The summed E-state index contributed by atoms with van der Waals surface area (Å²) in [6.45, 7) is 0. The molecule has 0 aliphatic heterocycles. The van der Waals surface area contributed by atoms with Crippen molar-refractivity contribution in [2.45, 2.75) is 0 Å². The van der Waals surface area contributed by atoms with Crippen LogP contribution in [0.25, 0.3) is 11.3 Å². The second kappa shape index (κ2) is 8.49. The molecule has 7 nitrogen and oxygen atoms in total. The van der Waals surface area contributed by atoms with E-state index in [4.69, 9.17) is 21.1 Å². The lowest BCUT2D eigenvalue weighted by Gasteiger charge is -2.13. The average molecular weight is 400 g/mol. The van der Waals surface area contributed by atoms with E-state index in [1.165, 1.54) is 11.8 Å². The predicted molar refractivity (Wildman–Crippen MR) is 107 cm³/mol. The molecule has 2 N–H and O–H groups in total. The van der Waals surface area contributed by atoms with Gasteiger partial charge in [0.1, 0.15) is 5.82 Å². The van der Waals surface area contributed by atoms with Crippen molar-refractivity contribution in [1.82, 2.24) is 9.78 Å². The summed E-state index contributed by atoms with van der Waals surface area (Å²) in [6, 6.07) is 13.5. The van der Waals surface area contributed by atoms with Gasteiger partial charge in [0.15, 0.2) is 11.5 Å². The number of hydrogen-bond donors (Lipinski definition) is 2. The van der Waals surface area contributed by atoms with Crippen molar-refractivity contribution in [2.75, 3.05) is 19.5 Å². The Bertz CT molecular complexity index is 1010. The van der Waals surface area contributed by atoms with Crippen LogP contribution in [0.1, 0.15) is 5.56 Å². The van der Waals surface area contributed by atoms with Gasteiger partial charge in [-0.1, -0.05) is 23.7 Å². The molecule has 0 radical (unpaired) electrons. The highest BCUT2D eigenvalue weighted by molar-refractivity contribution is 6.31. The molecule has 1 aromatic heterocycles. The summed E-state index contributed by atoms with van der Waals surface area (Å²) in [5, 5.41) is 17.1. The van der Waals surface area contributed by atoms with Gasteiger partial charge in [0, 0.05) is 17.2 Å². The highest BCUT2D eigenvalue weighted by Crippen LogP contribution is 2.30. The Labute approximate surface area is 166 Å². The Morgan fingerprint density at radius 3 is 2.46 bits per heavy atom. The van der Waals surface area contributed by atoms with E-state index >= 15 is 0 Å². The number of ether oxygens (including phenoxy) is 2. The maximum atomic E-state index is 12.7. The van der Waals surface area contributed by atoms with Crippen LogP contribution in [0.5, 0.6) is 11.5 Å². The van der Waals surface area contributed by atoms with Crippen molar-refractivity contribution < 1.29 is 19.4 Å². The molecule has 8 heteroatoms. The first-order chi connectivity index (χ1) is 13.6. The van der Waals surface area contributed by atoms with E-state index in [1.54, 1.807) is 61.8 Å². The second-order valence-electron chi connectivity index (χ2n) is 5.67. The molecule has 0 aliphatic rings. The van der Waals surface area contributed by atoms with Gasteiger partial charge in [0.05, 0.1) is 37.9 Å². The lowest BCUT2D eigenvalue weighted by atomic mass is 10.1. The molecule has 0 spiro atoms. The van der Waals surface area contributed by atoms with Crippen LogP contribution in [-0.2, 0) is 4.79 Å². The number of rotatable bonds is 6. The average Bonchev–Trinajstić information content (AvgIpc) is 3.17. The van der Waals surface area contributed by atoms with Crippen LogP contribution in [0, 0.1) is 0 Å². The van der Waals surface area contributed by atoms with E-state index in [1.807, 2.05) is 0 Å². The number of hydrogen-bond acceptors (Lipinski definition) is 5. The van der Waals surface area contributed by atoms with Crippen LogP contribution >= 0.6 is 11.6 Å². The van der Waals surface area contributed by atoms with E-state index < -0.39 is 5.91 Å². The third-order valence-corrected chi connectivity index (χ3v) is 4.28. The molecule has 0 saturated carbocycles. The van der Waals surface area contributed by atoms with Gasteiger partial charge >= 0.3 is 0 Å². The number of anilines is 1. The van der Waals surface area contributed by atoms with E-state index in [0.717, 1.165) is 6.26 Å². The fraction of sp³-hybridized carbons (Fsp3) is 0.100. The number of amides is 1. The van der Waals surface area contributed by atoms with Crippen LogP contribution in [0.4, 0.5) is 5.82 Å². The number of nitrogens with one attached hydrogen (secondary N) is 1. The smallest absolute Gasteiger partial charge is 0.260 e. The SMILES string of the molecule is COc1ccc(-n2nccc2NC(=O)C(=CO)c2ccc(Cl)cc2)cc1OC. The zero-order chi connectivity index (χ0) is 20.1. The minimum Gasteiger partial charge on any atom is -0.515 e. The summed E-state index contributed by atoms with van der Waals surface area (Å²) in [5.74, 6) is 1.04. The van der Waals surface area contributed by atoms with E-state index in [2.05, 4.69) is 10.4 Å². The summed E-state index contributed by atoms with van der Waals surface area (Å²) in [5.41, 5.74) is 1.29. The van der Waals surface area contributed by atoms with Gasteiger partial charge in [-0.15, -0.1) is 0 Å². The zero-order valence-corrected chi connectivity index (χ0v) is 16.0. The van der Waals surface area contributed by atoms with Crippen LogP contribution < -0.4 is 14.8 Å². The van der Waals surface area contributed by atoms with Crippen LogP contribution in [0.15, 0.2) is 61.0 Å². The molecule has 0 unspecified atom stereocenters. The first kappa shape index (κ1) is 19.3. The first-order valence-electron chi connectivity index (χ1n) is 8.25. The Balaban J connectivity index is 1.88. The van der Waals surface area contributed by atoms with Crippen LogP contribution in [-0.4, -0.2) is 35.0 Å². The van der Waals surface area contributed by atoms with E-state index in [-0.39, 0.29) is 5.57 Å².